The van der Waals surface area contributed by atoms with E-state index in [9.17, 15) is 4.79 Å². The van der Waals surface area contributed by atoms with Crippen LogP contribution in [0.15, 0.2) is 24.3 Å². The van der Waals surface area contributed by atoms with E-state index in [0.29, 0.717) is 12.2 Å². The molecule has 1 saturated heterocycles. The van der Waals surface area contributed by atoms with Crippen molar-refractivity contribution in [1.29, 1.82) is 0 Å². The fourth-order valence-electron chi connectivity index (χ4n) is 3.31. The Balaban J connectivity index is 2.24. The molecule has 2 heteroatoms. The van der Waals surface area contributed by atoms with Gasteiger partial charge < -0.3 is 0 Å². The lowest BCUT2D eigenvalue weighted by molar-refractivity contribution is -0.119. The summed E-state index contributed by atoms with van der Waals surface area (Å²) in [6.45, 7) is 7.55. The van der Waals surface area contributed by atoms with Crippen LogP contribution in [0.5, 0.6) is 0 Å². The maximum absolute atomic E-state index is 11.7. The summed E-state index contributed by atoms with van der Waals surface area (Å²) >= 11 is 0. The van der Waals surface area contributed by atoms with Crippen molar-refractivity contribution in [2.24, 2.45) is 0 Å². The number of piperidine rings is 1. The number of carbonyl (C=O) groups excluding carboxylic acids is 1. The zero-order valence-corrected chi connectivity index (χ0v) is 12.3. The number of hydrogen-bond donors (Lipinski definition) is 0. The van der Waals surface area contributed by atoms with Gasteiger partial charge in [-0.15, -0.1) is 0 Å². The molecule has 1 aliphatic rings. The normalized spacial score (nSPS) is 18.2. The molecule has 0 atom stereocenters. The third kappa shape index (κ3) is 3.24. The van der Waals surface area contributed by atoms with Gasteiger partial charge in [-0.2, -0.15) is 0 Å². The van der Waals surface area contributed by atoms with Gasteiger partial charge in [0, 0.05) is 12.0 Å². The first kappa shape index (κ1) is 14.3. The third-order valence-electron chi connectivity index (χ3n) is 4.51. The lowest BCUT2D eigenvalue weighted by Crippen LogP contribution is -2.54. The molecule has 1 heterocycles. The van der Waals surface area contributed by atoms with Gasteiger partial charge in [0.25, 0.3) is 0 Å². The first-order chi connectivity index (χ1) is 9.18. The highest BCUT2D eigenvalue weighted by atomic mass is 16.1. The van der Waals surface area contributed by atoms with Crippen LogP contribution in [0.2, 0.25) is 0 Å². The van der Waals surface area contributed by atoms with E-state index in [0.717, 1.165) is 17.4 Å². The molecule has 0 unspecified atom stereocenters. The lowest BCUT2D eigenvalue weighted by Gasteiger charge is -2.42. The average Bonchev–Trinajstić information content (AvgIpc) is 2.46. The van der Waals surface area contributed by atoms with E-state index < -0.39 is 0 Å². The van der Waals surface area contributed by atoms with Crippen molar-refractivity contribution in [3.05, 3.63) is 29.8 Å². The van der Waals surface area contributed by atoms with Crippen LogP contribution >= 0.6 is 0 Å². The number of Topliss-reactive ketones (excluding diaryl/α,β-unsaturated/α-hetero) is 1. The Kier molecular flexibility index (Phi) is 4.76. The summed E-state index contributed by atoms with van der Waals surface area (Å²) in [6, 6.07) is 8.71. The van der Waals surface area contributed by atoms with Gasteiger partial charge in [-0.05, 0) is 32.3 Å². The lowest BCUT2D eigenvalue weighted by atomic mass is 10.0. The van der Waals surface area contributed by atoms with Crippen molar-refractivity contribution in [3.63, 3.8) is 0 Å². The average molecular weight is 260 g/mol. The van der Waals surface area contributed by atoms with E-state index in [1.807, 2.05) is 6.92 Å². The first-order valence-electron chi connectivity index (χ1n) is 7.62. The zero-order valence-electron chi connectivity index (χ0n) is 12.3. The van der Waals surface area contributed by atoms with E-state index in [4.69, 9.17) is 0 Å². The van der Waals surface area contributed by atoms with E-state index >= 15 is 0 Å². The number of carbonyl (C=O) groups is 1. The largest absolute Gasteiger partial charge is 0.299 e. The quantitative estimate of drug-likeness (QED) is 0.735. The number of nitrogens with zero attached hydrogens (tertiary/aromatic N) is 1. The van der Waals surface area contributed by atoms with Crippen LogP contribution in [0.3, 0.4) is 0 Å². The SMILES string of the molecule is CCC(=O)CC[N+]1(c2ccccc2C)CCCCC1. The molecule has 0 spiro atoms. The van der Waals surface area contributed by atoms with Crippen LogP contribution in [0, 0.1) is 6.92 Å². The number of para-hydroxylation sites is 1. The van der Waals surface area contributed by atoms with Crippen LogP contribution in [0.25, 0.3) is 0 Å². The highest BCUT2D eigenvalue weighted by Gasteiger charge is 2.33. The van der Waals surface area contributed by atoms with E-state index in [1.165, 1.54) is 43.6 Å². The molecule has 2 nitrogen and oxygen atoms in total. The van der Waals surface area contributed by atoms with Crippen LogP contribution in [0.1, 0.15) is 44.6 Å². The molecule has 1 aromatic carbocycles. The molecule has 0 aromatic heterocycles. The molecule has 1 aliphatic heterocycles. The van der Waals surface area contributed by atoms with Gasteiger partial charge in [-0.1, -0.05) is 25.1 Å². The Bertz CT molecular complexity index is 433. The third-order valence-corrected chi connectivity index (χ3v) is 4.51. The van der Waals surface area contributed by atoms with Crippen molar-refractivity contribution in [1.82, 2.24) is 4.48 Å². The number of rotatable bonds is 5. The first-order valence-corrected chi connectivity index (χ1v) is 7.62. The van der Waals surface area contributed by atoms with Gasteiger partial charge in [0.05, 0.1) is 26.1 Å². The van der Waals surface area contributed by atoms with E-state index in [-0.39, 0.29) is 0 Å². The second-order valence-electron chi connectivity index (χ2n) is 5.81. The summed E-state index contributed by atoms with van der Waals surface area (Å²) in [7, 11) is 0. The van der Waals surface area contributed by atoms with Crippen molar-refractivity contribution in [3.8, 4) is 0 Å². The maximum atomic E-state index is 11.7. The van der Waals surface area contributed by atoms with Gasteiger partial charge >= 0.3 is 0 Å². The maximum Gasteiger partial charge on any atom is 0.138 e. The van der Waals surface area contributed by atoms with Crippen molar-refractivity contribution < 1.29 is 4.79 Å². The summed E-state index contributed by atoms with van der Waals surface area (Å²) in [5.74, 6) is 0.400. The molecule has 1 fully saturated rings. The molecular formula is C17H26NO+. The number of hydrogen-bond acceptors (Lipinski definition) is 1. The molecule has 19 heavy (non-hydrogen) atoms. The zero-order chi connectivity index (χ0) is 13.7. The Hall–Kier alpha value is -1.15. The highest BCUT2D eigenvalue weighted by molar-refractivity contribution is 5.78. The van der Waals surface area contributed by atoms with Crippen molar-refractivity contribution in [2.75, 3.05) is 19.6 Å². The van der Waals surface area contributed by atoms with Crippen LogP contribution in [0.4, 0.5) is 5.69 Å². The number of aryl methyl sites for hydroxylation is 1. The molecule has 0 N–H and O–H groups in total. The van der Waals surface area contributed by atoms with Gasteiger partial charge in [0.1, 0.15) is 11.5 Å². The molecular weight excluding hydrogens is 234 g/mol. The second kappa shape index (κ2) is 6.33. The summed E-state index contributed by atoms with van der Waals surface area (Å²) in [5, 5.41) is 0. The summed E-state index contributed by atoms with van der Waals surface area (Å²) in [5.41, 5.74) is 2.81. The molecule has 1 aromatic rings. The molecule has 0 bridgehead atoms. The number of benzene rings is 1. The fourth-order valence-corrected chi connectivity index (χ4v) is 3.31. The topological polar surface area (TPSA) is 17.1 Å². The van der Waals surface area contributed by atoms with Gasteiger partial charge in [-0.25, -0.2) is 0 Å². The van der Waals surface area contributed by atoms with Crippen LogP contribution in [-0.2, 0) is 4.79 Å². The molecule has 2 rings (SSSR count). The van der Waals surface area contributed by atoms with Crippen LogP contribution in [-0.4, -0.2) is 25.4 Å². The smallest absolute Gasteiger partial charge is 0.138 e. The number of quaternary nitrogens is 1. The van der Waals surface area contributed by atoms with Gasteiger partial charge in [0.2, 0.25) is 0 Å². The number of ketones is 1. The predicted molar refractivity (Wildman–Crippen MR) is 81.3 cm³/mol. The Morgan fingerprint density at radius 1 is 1.16 bits per heavy atom. The highest BCUT2D eigenvalue weighted by Crippen LogP contribution is 2.31. The molecule has 0 radical (unpaired) electrons. The minimum atomic E-state index is 0.400. The fraction of sp³-hybridized carbons (Fsp3) is 0.588. The monoisotopic (exact) mass is 260 g/mol. The summed E-state index contributed by atoms with van der Waals surface area (Å²) < 4.78 is 1.03. The minimum absolute atomic E-state index is 0.400. The summed E-state index contributed by atoms with van der Waals surface area (Å²) in [4.78, 5) is 11.7. The number of likely N-dealkylation sites (tertiary alicyclic amines) is 1. The van der Waals surface area contributed by atoms with Crippen LogP contribution < -0.4 is 4.48 Å². The van der Waals surface area contributed by atoms with E-state index in [1.54, 1.807) is 0 Å². The van der Waals surface area contributed by atoms with Gasteiger partial charge in [-0.3, -0.25) is 9.28 Å². The predicted octanol–water partition coefficient (Wildman–Crippen LogP) is 3.86. The van der Waals surface area contributed by atoms with Crippen molar-refractivity contribution >= 4 is 11.5 Å². The summed E-state index contributed by atoms with van der Waals surface area (Å²) in [6.07, 6.45) is 5.31. The Morgan fingerprint density at radius 3 is 2.47 bits per heavy atom. The standard InChI is InChI=1S/C17H26NO/c1-3-16(19)11-14-18(12-7-4-8-13-18)17-10-6-5-9-15(17)2/h5-6,9-10H,3-4,7-8,11-14H2,1-2H3/q+1. The second-order valence-corrected chi connectivity index (χ2v) is 5.81. The van der Waals surface area contributed by atoms with E-state index in [2.05, 4.69) is 31.2 Å². The molecule has 0 saturated carbocycles. The molecule has 0 aliphatic carbocycles. The Morgan fingerprint density at radius 2 is 1.84 bits per heavy atom. The molecule has 0 amide bonds. The molecule has 104 valence electrons. The Labute approximate surface area is 117 Å². The van der Waals surface area contributed by atoms with Crippen molar-refractivity contribution in [2.45, 2.75) is 46.0 Å². The van der Waals surface area contributed by atoms with Gasteiger partial charge in [0.15, 0.2) is 0 Å². The minimum Gasteiger partial charge on any atom is -0.299 e.